The molecule has 0 fully saturated rings. The number of hydroxylamine groups is 1. The lowest BCUT2D eigenvalue weighted by Crippen LogP contribution is -2.28. The van der Waals surface area contributed by atoms with Gasteiger partial charge in [-0.15, -0.1) is 0 Å². The van der Waals surface area contributed by atoms with Gasteiger partial charge in [0.2, 0.25) is 0 Å². The topological polar surface area (TPSA) is 111 Å². The molecule has 0 aromatic rings. The van der Waals surface area contributed by atoms with Gasteiger partial charge in [0.1, 0.15) is 0 Å². The third-order valence-corrected chi connectivity index (χ3v) is 1.46. The van der Waals surface area contributed by atoms with Gasteiger partial charge in [-0.2, -0.15) is 4.62 Å². The molecule has 0 spiro atoms. The van der Waals surface area contributed by atoms with Gasteiger partial charge in [0.05, 0.1) is 6.61 Å². The number of phosphoric ester groups is 1. The lowest BCUT2D eigenvalue weighted by Gasteiger charge is -2.08. The molecule has 7 nitrogen and oxygen atoms in total. The fraction of sp³-hybridized carbons (Fsp3) is 0.667. The minimum absolute atomic E-state index is 0.00573. The van der Waals surface area contributed by atoms with Crippen molar-refractivity contribution in [2.45, 2.75) is 6.92 Å². The Morgan fingerprint density at radius 2 is 2.36 bits per heavy atom. The zero-order valence-electron chi connectivity index (χ0n) is 5.81. The van der Waals surface area contributed by atoms with Crippen molar-refractivity contribution in [2.24, 2.45) is 5.73 Å². The second-order valence-electron chi connectivity index (χ2n) is 1.44. The highest BCUT2D eigenvalue weighted by Crippen LogP contribution is 2.41. The third kappa shape index (κ3) is 5.81. The van der Waals surface area contributed by atoms with Gasteiger partial charge in [0.25, 0.3) is 0 Å². The summed E-state index contributed by atoms with van der Waals surface area (Å²) in [4.78, 5) is 18.6. The molecular weight excluding hydrogens is 175 g/mol. The van der Waals surface area contributed by atoms with Crippen LogP contribution in [0.25, 0.3) is 0 Å². The minimum atomic E-state index is -4.16. The molecule has 0 aliphatic carbocycles. The first-order chi connectivity index (χ1) is 4.98. The number of hydrogen-bond acceptors (Lipinski definition) is 4. The van der Waals surface area contributed by atoms with Crippen LogP contribution in [-0.2, 0) is 13.7 Å². The van der Waals surface area contributed by atoms with Crippen LogP contribution in [0.1, 0.15) is 6.92 Å². The molecule has 0 saturated heterocycles. The number of primary amides is 1. The van der Waals surface area contributed by atoms with Gasteiger partial charge in [-0.05, 0) is 6.92 Å². The molecule has 1 unspecified atom stereocenters. The van der Waals surface area contributed by atoms with E-state index in [0.717, 1.165) is 0 Å². The molecule has 0 aromatic carbocycles. The van der Waals surface area contributed by atoms with E-state index in [2.05, 4.69) is 14.9 Å². The molecule has 2 amide bonds. The first-order valence-corrected chi connectivity index (χ1v) is 4.19. The van der Waals surface area contributed by atoms with Crippen LogP contribution in [0.3, 0.4) is 0 Å². The minimum Gasteiger partial charge on any atom is -0.350 e. The van der Waals surface area contributed by atoms with E-state index in [4.69, 9.17) is 4.89 Å². The molecule has 4 N–H and O–H groups in total. The fourth-order valence-corrected chi connectivity index (χ4v) is 0.876. The van der Waals surface area contributed by atoms with E-state index in [-0.39, 0.29) is 6.61 Å². The number of nitrogens with one attached hydrogen (secondary N) is 1. The zero-order valence-corrected chi connectivity index (χ0v) is 6.71. The number of phosphoric acid groups is 1. The molecular formula is C3H9N2O5P. The lowest BCUT2D eigenvalue weighted by molar-refractivity contribution is 0.112. The molecule has 0 aliphatic rings. The van der Waals surface area contributed by atoms with Crippen molar-refractivity contribution in [3.05, 3.63) is 0 Å². The highest BCUT2D eigenvalue weighted by atomic mass is 31.2. The molecule has 0 aliphatic heterocycles. The lowest BCUT2D eigenvalue weighted by atomic mass is 10.9. The average molecular weight is 184 g/mol. The Labute approximate surface area is 63.0 Å². The second kappa shape index (κ2) is 4.30. The first-order valence-electron chi connectivity index (χ1n) is 2.69. The number of urea groups is 1. The zero-order chi connectivity index (χ0) is 8.91. The monoisotopic (exact) mass is 184 g/mol. The average Bonchev–Trinajstić information content (AvgIpc) is 1.84. The van der Waals surface area contributed by atoms with E-state index in [9.17, 15) is 9.36 Å². The van der Waals surface area contributed by atoms with E-state index in [1.54, 1.807) is 0 Å². The van der Waals surface area contributed by atoms with Crippen molar-refractivity contribution in [3.8, 4) is 0 Å². The summed E-state index contributed by atoms with van der Waals surface area (Å²) >= 11 is 0. The number of carbonyl (C=O) groups is 1. The highest BCUT2D eigenvalue weighted by Gasteiger charge is 2.20. The van der Waals surface area contributed by atoms with Crippen LogP contribution in [0.4, 0.5) is 4.79 Å². The van der Waals surface area contributed by atoms with Gasteiger partial charge < -0.3 is 10.6 Å². The third-order valence-electron chi connectivity index (χ3n) is 0.554. The molecule has 0 heterocycles. The maximum Gasteiger partial charge on any atom is 0.493 e. The van der Waals surface area contributed by atoms with Crippen molar-refractivity contribution in [1.29, 1.82) is 0 Å². The van der Waals surface area contributed by atoms with Gasteiger partial charge >= 0.3 is 13.9 Å². The number of hydrogen-bond donors (Lipinski definition) is 3. The van der Waals surface area contributed by atoms with Crippen LogP contribution in [0, 0.1) is 0 Å². The summed E-state index contributed by atoms with van der Waals surface area (Å²) in [5.41, 5.74) is 6.00. The summed E-state index contributed by atoms with van der Waals surface area (Å²) in [7, 11) is -4.16. The summed E-state index contributed by atoms with van der Waals surface area (Å²) in [5, 5.41) is 0. The van der Waals surface area contributed by atoms with E-state index in [1.165, 1.54) is 12.4 Å². The van der Waals surface area contributed by atoms with Crippen LogP contribution >= 0.6 is 7.82 Å². The Balaban J connectivity index is 3.73. The van der Waals surface area contributed by atoms with Gasteiger partial charge in [0, 0.05) is 0 Å². The van der Waals surface area contributed by atoms with E-state index in [0.29, 0.717) is 0 Å². The predicted octanol–water partition coefficient (Wildman–Crippen LogP) is -0.277. The maximum atomic E-state index is 10.6. The van der Waals surface area contributed by atoms with Crippen molar-refractivity contribution < 1.29 is 23.4 Å². The van der Waals surface area contributed by atoms with Crippen LogP contribution in [0.2, 0.25) is 0 Å². The van der Waals surface area contributed by atoms with Gasteiger partial charge in [-0.1, -0.05) is 0 Å². The number of amides is 2. The number of rotatable bonds is 4. The summed E-state index contributed by atoms with van der Waals surface area (Å²) < 4.78 is 18.7. The Bertz CT molecular complexity index is 183. The van der Waals surface area contributed by atoms with Crippen molar-refractivity contribution >= 4 is 13.9 Å². The first kappa shape index (κ1) is 10.4. The molecule has 8 heteroatoms. The standard InChI is InChI=1S/C3H9N2O5P/c1-2-9-11(7,8)10-5-3(4)6/h2H2,1H3,(H,7,8)(H3,4,5,6). The van der Waals surface area contributed by atoms with Crippen molar-refractivity contribution in [1.82, 2.24) is 5.48 Å². The largest absolute Gasteiger partial charge is 0.493 e. The predicted molar refractivity (Wildman–Crippen MR) is 35.3 cm³/mol. The molecule has 0 aromatic heterocycles. The molecule has 1 atom stereocenters. The van der Waals surface area contributed by atoms with E-state index in [1.807, 2.05) is 0 Å². The van der Waals surface area contributed by atoms with Crippen LogP contribution in [0.5, 0.6) is 0 Å². The quantitative estimate of drug-likeness (QED) is 0.411. The van der Waals surface area contributed by atoms with Crippen LogP contribution in [0.15, 0.2) is 0 Å². The molecule has 0 bridgehead atoms. The second-order valence-corrected chi connectivity index (χ2v) is 2.82. The van der Waals surface area contributed by atoms with Crippen LogP contribution < -0.4 is 11.2 Å². The van der Waals surface area contributed by atoms with E-state index >= 15 is 0 Å². The summed E-state index contributed by atoms with van der Waals surface area (Å²) in [6, 6.07) is -1.07. The smallest absolute Gasteiger partial charge is 0.350 e. The number of nitrogens with two attached hydrogens (primary N) is 1. The van der Waals surface area contributed by atoms with Gasteiger partial charge in [0.15, 0.2) is 0 Å². The van der Waals surface area contributed by atoms with Crippen LogP contribution in [-0.4, -0.2) is 17.5 Å². The Hall–Kier alpha value is -0.620. The summed E-state index contributed by atoms with van der Waals surface area (Å²) in [6.07, 6.45) is 0. The molecule has 0 saturated carbocycles. The maximum absolute atomic E-state index is 10.6. The van der Waals surface area contributed by atoms with Gasteiger partial charge in [-0.25, -0.2) is 14.8 Å². The summed E-state index contributed by atoms with van der Waals surface area (Å²) in [5.74, 6) is 0. The Kier molecular flexibility index (Phi) is 4.06. The Morgan fingerprint density at radius 1 is 1.82 bits per heavy atom. The molecule has 0 rings (SSSR count). The van der Waals surface area contributed by atoms with Crippen molar-refractivity contribution in [2.75, 3.05) is 6.61 Å². The van der Waals surface area contributed by atoms with Gasteiger partial charge in [-0.3, -0.25) is 4.52 Å². The molecule has 11 heavy (non-hydrogen) atoms. The molecule has 0 radical (unpaired) electrons. The summed E-state index contributed by atoms with van der Waals surface area (Å²) in [6.45, 7) is 1.49. The molecule has 66 valence electrons. The van der Waals surface area contributed by atoms with E-state index < -0.39 is 13.9 Å². The number of carbonyl (C=O) groups excluding carboxylic acids is 1. The van der Waals surface area contributed by atoms with Crippen molar-refractivity contribution in [3.63, 3.8) is 0 Å². The highest BCUT2D eigenvalue weighted by molar-refractivity contribution is 7.47. The SMILES string of the molecule is CCOP(=O)(O)ONC(N)=O. The Morgan fingerprint density at radius 3 is 2.73 bits per heavy atom. The normalized spacial score (nSPS) is 15.5. The fourth-order valence-electron chi connectivity index (χ4n) is 0.292.